The summed E-state index contributed by atoms with van der Waals surface area (Å²) in [7, 11) is 0. The third-order valence-electron chi connectivity index (χ3n) is 3.27. The molecule has 1 saturated carbocycles. The highest BCUT2D eigenvalue weighted by molar-refractivity contribution is 7.11. The van der Waals surface area contributed by atoms with Crippen molar-refractivity contribution in [2.24, 2.45) is 0 Å². The summed E-state index contributed by atoms with van der Waals surface area (Å²) in [6.07, 6.45) is 2.59. The van der Waals surface area contributed by atoms with E-state index in [1.807, 2.05) is 6.07 Å². The molecule has 1 aromatic heterocycles. The Morgan fingerprint density at radius 2 is 2.06 bits per heavy atom. The van der Waals surface area contributed by atoms with Crippen molar-refractivity contribution in [3.63, 3.8) is 0 Å². The topological polar surface area (TPSA) is 37.8 Å². The Labute approximate surface area is 111 Å². The maximum atomic E-state index is 4.26. The van der Waals surface area contributed by atoms with Crippen LogP contribution in [0.25, 0.3) is 0 Å². The molecule has 94 valence electrons. The largest absolute Gasteiger partial charge is 0.304 e. The number of nitrogens with one attached hydrogen (secondary N) is 1. The summed E-state index contributed by atoms with van der Waals surface area (Å²) >= 11 is 1.76. The summed E-state index contributed by atoms with van der Waals surface area (Å²) in [5, 5.41) is 14.3. The fraction of sp³-hybridized carbons (Fsp3) is 0.429. The lowest BCUT2D eigenvalue weighted by molar-refractivity contribution is 0.571. The normalized spacial score (nSPS) is 16.7. The van der Waals surface area contributed by atoms with Crippen LogP contribution in [0.1, 0.15) is 47.3 Å². The highest BCUT2D eigenvalue weighted by Gasteiger charge is 2.27. The molecule has 1 N–H and O–H groups in total. The zero-order valence-electron chi connectivity index (χ0n) is 10.5. The molecule has 3 rings (SSSR count). The Hall–Kier alpha value is -1.26. The molecule has 1 heterocycles. The maximum absolute atomic E-state index is 4.26. The second-order valence-corrected chi connectivity index (χ2v) is 5.92. The van der Waals surface area contributed by atoms with Crippen LogP contribution in [-0.4, -0.2) is 10.2 Å². The van der Waals surface area contributed by atoms with E-state index in [0.29, 0.717) is 12.0 Å². The maximum Gasteiger partial charge on any atom is 0.131 e. The quantitative estimate of drug-likeness (QED) is 0.895. The van der Waals surface area contributed by atoms with Gasteiger partial charge in [0.05, 0.1) is 6.54 Å². The zero-order valence-corrected chi connectivity index (χ0v) is 11.3. The summed E-state index contributed by atoms with van der Waals surface area (Å²) in [6.45, 7) is 2.98. The molecule has 4 heteroatoms. The van der Waals surface area contributed by atoms with E-state index >= 15 is 0 Å². The molecule has 1 aromatic carbocycles. The first-order valence-electron chi connectivity index (χ1n) is 6.43. The fourth-order valence-electron chi connectivity index (χ4n) is 1.93. The molecule has 3 nitrogen and oxygen atoms in total. The van der Waals surface area contributed by atoms with E-state index in [2.05, 4.69) is 46.7 Å². The monoisotopic (exact) mass is 259 g/mol. The van der Waals surface area contributed by atoms with Gasteiger partial charge in [-0.3, -0.25) is 0 Å². The molecule has 2 aromatic rings. The van der Waals surface area contributed by atoms with E-state index in [4.69, 9.17) is 0 Å². The number of aromatic nitrogens is 2. The molecule has 1 aliphatic carbocycles. The highest BCUT2D eigenvalue weighted by atomic mass is 32.1. The summed E-state index contributed by atoms with van der Waals surface area (Å²) in [4.78, 5) is 0. The van der Waals surface area contributed by atoms with Crippen LogP contribution in [0.4, 0.5) is 0 Å². The minimum absolute atomic E-state index is 0.347. The third kappa shape index (κ3) is 2.76. The van der Waals surface area contributed by atoms with Crippen LogP contribution in [-0.2, 0) is 6.54 Å². The number of benzene rings is 1. The molecular weight excluding hydrogens is 242 g/mol. The molecule has 1 fully saturated rings. The van der Waals surface area contributed by atoms with Gasteiger partial charge in [0, 0.05) is 12.0 Å². The first-order valence-corrected chi connectivity index (χ1v) is 7.25. The van der Waals surface area contributed by atoms with Crippen molar-refractivity contribution in [2.75, 3.05) is 0 Å². The molecule has 18 heavy (non-hydrogen) atoms. The molecule has 1 atom stereocenters. The van der Waals surface area contributed by atoms with E-state index in [-0.39, 0.29) is 0 Å². The van der Waals surface area contributed by atoms with Gasteiger partial charge < -0.3 is 5.32 Å². The van der Waals surface area contributed by atoms with Crippen LogP contribution in [0.3, 0.4) is 0 Å². The summed E-state index contributed by atoms with van der Waals surface area (Å²) < 4.78 is 0. The minimum Gasteiger partial charge on any atom is -0.304 e. The van der Waals surface area contributed by atoms with Gasteiger partial charge in [0.1, 0.15) is 10.0 Å². The Kier molecular flexibility index (Phi) is 3.39. The SMILES string of the molecule is C[C@H](NCc1nnc(C2CC2)s1)c1ccccc1. The van der Waals surface area contributed by atoms with Crippen LogP contribution in [0, 0.1) is 0 Å². The Morgan fingerprint density at radius 1 is 1.28 bits per heavy atom. The van der Waals surface area contributed by atoms with Crippen LogP contribution in [0.2, 0.25) is 0 Å². The van der Waals surface area contributed by atoms with E-state index in [9.17, 15) is 0 Å². The van der Waals surface area contributed by atoms with Crippen LogP contribution < -0.4 is 5.32 Å². The second kappa shape index (κ2) is 5.16. The summed E-state index contributed by atoms with van der Waals surface area (Å²) in [5.41, 5.74) is 1.31. The first-order chi connectivity index (χ1) is 8.83. The van der Waals surface area contributed by atoms with Gasteiger partial charge in [-0.25, -0.2) is 0 Å². The lowest BCUT2D eigenvalue weighted by atomic mass is 10.1. The molecule has 0 bridgehead atoms. The summed E-state index contributed by atoms with van der Waals surface area (Å²) in [5.74, 6) is 0.711. The van der Waals surface area contributed by atoms with Gasteiger partial charge in [-0.2, -0.15) is 0 Å². The predicted octanol–water partition coefficient (Wildman–Crippen LogP) is 3.27. The van der Waals surface area contributed by atoms with E-state index in [1.165, 1.54) is 23.4 Å². The van der Waals surface area contributed by atoms with Crippen LogP contribution >= 0.6 is 11.3 Å². The molecule has 0 aliphatic heterocycles. The molecule has 0 amide bonds. The van der Waals surface area contributed by atoms with Gasteiger partial charge in [0.2, 0.25) is 0 Å². The van der Waals surface area contributed by atoms with Crippen molar-refractivity contribution in [1.82, 2.24) is 15.5 Å². The van der Waals surface area contributed by atoms with Crippen molar-refractivity contribution >= 4 is 11.3 Å². The average molecular weight is 259 g/mol. The van der Waals surface area contributed by atoms with Gasteiger partial charge in [-0.15, -0.1) is 10.2 Å². The van der Waals surface area contributed by atoms with Gasteiger partial charge in [-0.05, 0) is 25.3 Å². The lowest BCUT2D eigenvalue weighted by Crippen LogP contribution is -2.17. The van der Waals surface area contributed by atoms with Gasteiger partial charge >= 0.3 is 0 Å². The standard InChI is InChI=1S/C14H17N3S/c1-10(11-5-3-2-4-6-11)15-9-13-16-17-14(18-13)12-7-8-12/h2-6,10,12,15H,7-9H2,1H3/t10-/m0/s1. The van der Waals surface area contributed by atoms with Crippen molar-refractivity contribution in [2.45, 2.75) is 38.3 Å². The molecule has 1 aliphatic rings. The number of rotatable bonds is 5. The summed E-state index contributed by atoms with van der Waals surface area (Å²) in [6, 6.07) is 10.8. The molecule has 0 spiro atoms. The zero-order chi connectivity index (χ0) is 12.4. The van der Waals surface area contributed by atoms with Gasteiger partial charge in [0.15, 0.2) is 0 Å². The number of hydrogen-bond donors (Lipinski definition) is 1. The highest BCUT2D eigenvalue weighted by Crippen LogP contribution is 2.41. The third-order valence-corrected chi connectivity index (χ3v) is 4.35. The van der Waals surface area contributed by atoms with E-state index < -0.39 is 0 Å². The van der Waals surface area contributed by atoms with Crippen molar-refractivity contribution in [1.29, 1.82) is 0 Å². The van der Waals surface area contributed by atoms with Crippen LogP contribution in [0.5, 0.6) is 0 Å². The van der Waals surface area contributed by atoms with Gasteiger partial charge in [-0.1, -0.05) is 41.7 Å². The van der Waals surface area contributed by atoms with Gasteiger partial charge in [0.25, 0.3) is 0 Å². The Morgan fingerprint density at radius 3 is 2.78 bits per heavy atom. The lowest BCUT2D eigenvalue weighted by Gasteiger charge is -2.12. The smallest absolute Gasteiger partial charge is 0.131 e. The average Bonchev–Trinajstić information content (AvgIpc) is 3.16. The van der Waals surface area contributed by atoms with Crippen molar-refractivity contribution in [3.05, 3.63) is 45.9 Å². The number of nitrogens with zero attached hydrogens (tertiary/aromatic N) is 2. The fourth-order valence-corrected chi connectivity index (χ4v) is 2.90. The minimum atomic E-state index is 0.347. The predicted molar refractivity (Wildman–Crippen MR) is 73.6 cm³/mol. The number of hydrogen-bond acceptors (Lipinski definition) is 4. The Bertz CT molecular complexity index is 505. The molecular formula is C14H17N3S. The molecule has 0 radical (unpaired) electrons. The first kappa shape index (κ1) is 11.8. The van der Waals surface area contributed by atoms with Crippen LogP contribution in [0.15, 0.2) is 30.3 Å². The van der Waals surface area contributed by atoms with Crippen molar-refractivity contribution in [3.8, 4) is 0 Å². The van der Waals surface area contributed by atoms with E-state index in [1.54, 1.807) is 11.3 Å². The molecule has 0 unspecified atom stereocenters. The van der Waals surface area contributed by atoms with E-state index in [0.717, 1.165) is 11.6 Å². The Balaban J connectivity index is 1.56. The second-order valence-electron chi connectivity index (χ2n) is 4.82. The molecule has 0 saturated heterocycles. The van der Waals surface area contributed by atoms with Crippen molar-refractivity contribution < 1.29 is 0 Å².